The van der Waals surface area contributed by atoms with Crippen molar-refractivity contribution in [1.82, 2.24) is 5.32 Å². The van der Waals surface area contributed by atoms with Crippen molar-refractivity contribution >= 4 is 18.0 Å². The third-order valence-corrected chi connectivity index (χ3v) is 3.73. The number of hydrogen-bond donors (Lipinski definition) is 2. The molecule has 0 bridgehead atoms. The van der Waals surface area contributed by atoms with Crippen molar-refractivity contribution in [1.29, 1.82) is 0 Å². The molecule has 0 aliphatic rings. The Balaban J connectivity index is 4.73. The monoisotopic (exact) mass is 331 g/mol. The van der Waals surface area contributed by atoms with Gasteiger partial charge in [-0.3, -0.25) is 4.79 Å². The van der Waals surface area contributed by atoms with Gasteiger partial charge in [-0.25, -0.2) is 9.59 Å². The highest BCUT2D eigenvalue weighted by Crippen LogP contribution is 2.23. The van der Waals surface area contributed by atoms with Crippen molar-refractivity contribution in [2.75, 3.05) is 0 Å². The quantitative estimate of drug-likeness (QED) is 0.497. The molecule has 0 aliphatic carbocycles. The van der Waals surface area contributed by atoms with Gasteiger partial charge in [0.1, 0.15) is 5.54 Å². The number of amides is 1. The molecule has 134 valence electrons. The average Bonchev–Trinajstić information content (AvgIpc) is 2.43. The standard InChI is InChI=1S/C16H29NO6/c1-7-12(8-2)9-16(6,14(19)20)17-15(21)23-11(5)22-13(18)10(3)4/h10-12H,7-9H2,1-6H3,(H,17,21)(H,19,20)/t11-,16-/m0/s1. The van der Waals surface area contributed by atoms with Gasteiger partial charge in [0.2, 0.25) is 6.29 Å². The maximum Gasteiger partial charge on any atom is 0.411 e. The van der Waals surface area contributed by atoms with Crippen LogP contribution in [0.15, 0.2) is 0 Å². The van der Waals surface area contributed by atoms with Crippen molar-refractivity contribution in [3.05, 3.63) is 0 Å². The van der Waals surface area contributed by atoms with E-state index >= 15 is 0 Å². The van der Waals surface area contributed by atoms with Gasteiger partial charge in [-0.1, -0.05) is 40.5 Å². The Hall–Kier alpha value is -1.79. The predicted molar refractivity (Wildman–Crippen MR) is 84.7 cm³/mol. The lowest BCUT2D eigenvalue weighted by atomic mass is 9.86. The molecule has 0 radical (unpaired) electrons. The number of rotatable bonds is 9. The Morgan fingerprint density at radius 2 is 1.61 bits per heavy atom. The number of carboxylic acid groups (broad SMARTS) is 1. The van der Waals surface area contributed by atoms with Crippen LogP contribution in [0.1, 0.15) is 60.8 Å². The molecule has 0 aliphatic heterocycles. The molecular weight excluding hydrogens is 302 g/mol. The molecule has 0 saturated heterocycles. The Kier molecular flexibility index (Phi) is 8.64. The summed E-state index contributed by atoms with van der Waals surface area (Å²) in [6, 6.07) is 0. The van der Waals surface area contributed by atoms with E-state index in [1.165, 1.54) is 13.8 Å². The predicted octanol–water partition coefficient (Wildman–Crippen LogP) is 2.93. The van der Waals surface area contributed by atoms with Crippen molar-refractivity contribution in [2.24, 2.45) is 11.8 Å². The van der Waals surface area contributed by atoms with E-state index in [1.54, 1.807) is 13.8 Å². The summed E-state index contributed by atoms with van der Waals surface area (Å²) in [4.78, 5) is 34.8. The highest BCUT2D eigenvalue weighted by atomic mass is 16.7. The minimum absolute atomic E-state index is 0.174. The third-order valence-electron chi connectivity index (χ3n) is 3.73. The summed E-state index contributed by atoms with van der Waals surface area (Å²) in [5, 5.41) is 11.8. The molecule has 0 fully saturated rings. The van der Waals surface area contributed by atoms with Crippen molar-refractivity contribution in [2.45, 2.75) is 72.6 Å². The van der Waals surface area contributed by atoms with Crippen LogP contribution in [0.25, 0.3) is 0 Å². The number of nitrogens with one attached hydrogen (secondary N) is 1. The normalized spacial score (nSPS) is 15.0. The van der Waals surface area contributed by atoms with Crippen LogP contribution in [0.4, 0.5) is 4.79 Å². The van der Waals surface area contributed by atoms with Gasteiger partial charge in [0, 0.05) is 6.92 Å². The van der Waals surface area contributed by atoms with E-state index in [0.29, 0.717) is 6.42 Å². The number of alkyl carbamates (subject to hydrolysis) is 1. The summed E-state index contributed by atoms with van der Waals surface area (Å²) in [5.41, 5.74) is -1.43. The van der Waals surface area contributed by atoms with Gasteiger partial charge in [0.05, 0.1) is 5.92 Å². The fraction of sp³-hybridized carbons (Fsp3) is 0.812. The van der Waals surface area contributed by atoms with Crippen molar-refractivity contribution in [3.63, 3.8) is 0 Å². The van der Waals surface area contributed by atoms with Crippen LogP contribution in [0, 0.1) is 11.8 Å². The van der Waals surface area contributed by atoms with Gasteiger partial charge >= 0.3 is 18.0 Å². The number of esters is 1. The first-order chi connectivity index (χ1) is 10.6. The first-order valence-electron chi connectivity index (χ1n) is 7.98. The summed E-state index contributed by atoms with van der Waals surface area (Å²) in [6.07, 6.45) is -0.0808. The molecule has 1 amide bonds. The molecule has 7 nitrogen and oxygen atoms in total. The zero-order valence-electron chi connectivity index (χ0n) is 14.8. The van der Waals surface area contributed by atoms with E-state index in [1.807, 2.05) is 13.8 Å². The Morgan fingerprint density at radius 3 is 2.00 bits per heavy atom. The Labute approximate surface area is 137 Å². The minimum atomic E-state index is -1.43. The molecule has 0 rings (SSSR count). The number of hydrogen-bond acceptors (Lipinski definition) is 5. The smallest absolute Gasteiger partial charge is 0.411 e. The third kappa shape index (κ3) is 7.34. The lowest BCUT2D eigenvalue weighted by molar-refractivity contribution is -0.169. The van der Waals surface area contributed by atoms with Crippen LogP contribution in [-0.2, 0) is 19.1 Å². The maximum absolute atomic E-state index is 11.9. The molecule has 0 aromatic carbocycles. The summed E-state index contributed by atoms with van der Waals surface area (Å²) in [7, 11) is 0. The molecule has 2 N–H and O–H groups in total. The number of aliphatic carboxylic acids is 1. The van der Waals surface area contributed by atoms with Gasteiger partial charge in [-0.15, -0.1) is 0 Å². The topological polar surface area (TPSA) is 102 Å². The zero-order chi connectivity index (χ0) is 18.2. The van der Waals surface area contributed by atoms with E-state index < -0.39 is 29.9 Å². The summed E-state index contributed by atoms with van der Waals surface area (Å²) < 4.78 is 9.82. The van der Waals surface area contributed by atoms with Gasteiger partial charge in [-0.05, 0) is 19.3 Å². The molecule has 7 heteroatoms. The van der Waals surface area contributed by atoms with Gasteiger partial charge < -0.3 is 19.9 Å². The summed E-state index contributed by atoms with van der Waals surface area (Å²) >= 11 is 0. The first-order valence-corrected chi connectivity index (χ1v) is 7.98. The van der Waals surface area contributed by atoms with E-state index in [-0.39, 0.29) is 11.8 Å². The average molecular weight is 331 g/mol. The van der Waals surface area contributed by atoms with Crippen molar-refractivity contribution < 1.29 is 29.0 Å². The second-order valence-corrected chi connectivity index (χ2v) is 6.21. The van der Waals surface area contributed by atoms with Gasteiger partial charge in [-0.2, -0.15) is 0 Å². The first kappa shape index (κ1) is 21.2. The molecular formula is C16H29NO6. The second-order valence-electron chi connectivity index (χ2n) is 6.21. The Bertz CT molecular complexity index is 419. The van der Waals surface area contributed by atoms with Crippen LogP contribution in [-0.4, -0.2) is 35.0 Å². The fourth-order valence-corrected chi connectivity index (χ4v) is 2.08. The van der Waals surface area contributed by atoms with Gasteiger partial charge in [0.25, 0.3) is 0 Å². The van der Waals surface area contributed by atoms with Crippen molar-refractivity contribution in [3.8, 4) is 0 Å². The molecule has 0 aromatic rings. The van der Waals surface area contributed by atoms with Crippen LogP contribution >= 0.6 is 0 Å². The van der Waals surface area contributed by atoms with E-state index in [2.05, 4.69) is 5.32 Å². The fourth-order valence-electron chi connectivity index (χ4n) is 2.08. The lowest BCUT2D eigenvalue weighted by Gasteiger charge is -2.30. The van der Waals surface area contributed by atoms with Crippen LogP contribution in [0.3, 0.4) is 0 Å². The summed E-state index contributed by atoms with van der Waals surface area (Å²) in [6.45, 7) is 10.1. The highest BCUT2D eigenvalue weighted by Gasteiger charge is 2.37. The molecule has 2 atom stereocenters. The number of carbonyl (C=O) groups excluding carboxylic acids is 2. The Morgan fingerprint density at radius 1 is 1.09 bits per heavy atom. The van der Waals surface area contributed by atoms with E-state index in [0.717, 1.165) is 12.8 Å². The highest BCUT2D eigenvalue weighted by molar-refractivity contribution is 5.84. The van der Waals surface area contributed by atoms with Crippen LogP contribution in [0.2, 0.25) is 0 Å². The summed E-state index contributed by atoms with van der Waals surface area (Å²) in [5.74, 6) is -1.80. The van der Waals surface area contributed by atoms with Crippen LogP contribution in [0.5, 0.6) is 0 Å². The minimum Gasteiger partial charge on any atom is -0.480 e. The SMILES string of the molecule is CCC(CC)C[C@](C)(NC(=O)O[C@@H](C)OC(=O)C(C)C)C(=O)O. The lowest BCUT2D eigenvalue weighted by Crippen LogP contribution is -2.54. The molecule has 0 aromatic heterocycles. The maximum atomic E-state index is 11.9. The van der Waals surface area contributed by atoms with Gasteiger partial charge in [0.15, 0.2) is 0 Å². The molecule has 0 heterocycles. The van der Waals surface area contributed by atoms with E-state index in [4.69, 9.17) is 9.47 Å². The molecule has 23 heavy (non-hydrogen) atoms. The number of carbonyl (C=O) groups is 3. The van der Waals surface area contributed by atoms with E-state index in [9.17, 15) is 19.5 Å². The molecule has 0 saturated carbocycles. The molecule has 0 unspecified atom stereocenters. The second kappa shape index (κ2) is 9.37. The van der Waals surface area contributed by atoms with Crippen LogP contribution < -0.4 is 5.32 Å². The largest absolute Gasteiger partial charge is 0.480 e. The molecule has 0 spiro atoms. The zero-order valence-corrected chi connectivity index (χ0v) is 14.8. The number of carboxylic acids is 1. The number of ether oxygens (including phenoxy) is 2.